The molecule has 0 bridgehead atoms. The second-order valence-electron chi connectivity index (χ2n) is 18.4. The van der Waals surface area contributed by atoms with Crippen molar-refractivity contribution in [1.82, 2.24) is 19.5 Å². The monoisotopic (exact) mass is 930 g/mol. The van der Waals surface area contributed by atoms with Gasteiger partial charge in [-0.1, -0.05) is 237 Å². The predicted octanol–water partition coefficient (Wildman–Crippen LogP) is 18.0. The summed E-state index contributed by atoms with van der Waals surface area (Å²) in [5.74, 6) is 1.87. The van der Waals surface area contributed by atoms with E-state index in [4.69, 9.17) is 15.0 Å². The minimum absolute atomic E-state index is 0.616. The zero-order valence-electron chi connectivity index (χ0n) is 39.8. The molecule has 73 heavy (non-hydrogen) atoms. The van der Waals surface area contributed by atoms with Gasteiger partial charge in [0.25, 0.3) is 0 Å². The van der Waals surface area contributed by atoms with Crippen LogP contribution in [0.5, 0.6) is 0 Å². The van der Waals surface area contributed by atoms with Crippen molar-refractivity contribution in [3.05, 3.63) is 279 Å². The molecular formula is C69H46N4. The number of benzene rings is 11. The average molecular weight is 931 g/mol. The van der Waals surface area contributed by atoms with Crippen LogP contribution < -0.4 is 0 Å². The molecule has 0 N–H and O–H groups in total. The average Bonchev–Trinajstić information content (AvgIpc) is 3.82. The highest BCUT2D eigenvalue weighted by Crippen LogP contribution is 2.44. The Labute approximate surface area is 424 Å². The van der Waals surface area contributed by atoms with Crippen molar-refractivity contribution in [1.29, 1.82) is 0 Å². The normalized spacial score (nSPS) is 11.3. The van der Waals surface area contributed by atoms with Gasteiger partial charge in [-0.15, -0.1) is 0 Å². The summed E-state index contributed by atoms with van der Waals surface area (Å²) >= 11 is 0. The molecule has 2 heterocycles. The highest BCUT2D eigenvalue weighted by molar-refractivity contribution is 6.18. The highest BCUT2D eigenvalue weighted by Gasteiger charge is 2.21. The molecule has 0 aliphatic carbocycles. The van der Waals surface area contributed by atoms with Gasteiger partial charge in [0, 0.05) is 33.2 Å². The first-order valence-corrected chi connectivity index (χ1v) is 24.7. The molecule has 0 radical (unpaired) electrons. The maximum absolute atomic E-state index is 5.13. The minimum Gasteiger partial charge on any atom is -0.309 e. The molecular weight excluding hydrogens is 885 g/mol. The Morgan fingerprint density at radius 1 is 0.219 bits per heavy atom. The van der Waals surface area contributed by atoms with Crippen molar-refractivity contribution in [3.8, 4) is 107 Å². The topological polar surface area (TPSA) is 43.6 Å². The number of fused-ring (bicyclic) bond motifs is 3. The third-order valence-electron chi connectivity index (χ3n) is 13.8. The van der Waals surface area contributed by atoms with Gasteiger partial charge in [-0.05, 0) is 109 Å². The number of rotatable bonds is 10. The van der Waals surface area contributed by atoms with E-state index in [2.05, 4.69) is 247 Å². The molecule has 0 aliphatic heterocycles. The molecule has 0 aliphatic rings. The van der Waals surface area contributed by atoms with E-state index in [9.17, 15) is 0 Å². The fourth-order valence-electron chi connectivity index (χ4n) is 10.2. The summed E-state index contributed by atoms with van der Waals surface area (Å²) in [6.07, 6.45) is 0. The van der Waals surface area contributed by atoms with Crippen molar-refractivity contribution in [3.63, 3.8) is 0 Å². The standard InChI is InChI=1S/C69H46N4/c1-7-19-47(20-8-1)51-31-35-55(36-32-51)68-70-67(54-29-17-6-18-30-54)71-69(72-68)56-37-33-52(34-38-56)60-45-62(53-27-15-5-16-28-53)66-63-44-57(48-21-9-2-10-22-48)39-40-64(63)73(65(66)46-60)61-42-58(49-23-11-3-12-24-49)41-59(43-61)50-25-13-4-14-26-50/h1-46H. The summed E-state index contributed by atoms with van der Waals surface area (Å²) in [4.78, 5) is 15.3. The predicted molar refractivity (Wildman–Crippen MR) is 303 cm³/mol. The van der Waals surface area contributed by atoms with Crippen LogP contribution in [0.15, 0.2) is 279 Å². The minimum atomic E-state index is 0.616. The van der Waals surface area contributed by atoms with Gasteiger partial charge in [-0.25, -0.2) is 15.0 Å². The van der Waals surface area contributed by atoms with Gasteiger partial charge in [0.2, 0.25) is 0 Å². The summed E-state index contributed by atoms with van der Waals surface area (Å²) in [7, 11) is 0. The van der Waals surface area contributed by atoms with Crippen LogP contribution in [0.3, 0.4) is 0 Å². The van der Waals surface area contributed by atoms with E-state index in [0.29, 0.717) is 17.5 Å². The van der Waals surface area contributed by atoms with Gasteiger partial charge in [0.15, 0.2) is 17.5 Å². The molecule has 0 saturated carbocycles. The molecule has 0 fully saturated rings. The SMILES string of the molecule is c1ccc(-c2ccc(-c3nc(-c4ccccc4)nc(-c4ccc(-c5cc(-c6ccccc6)c6c7cc(-c8ccccc8)ccc7n(-c7cc(-c8ccccc8)cc(-c8ccccc8)c7)c6c5)cc4)n3)cc2)cc1. The second kappa shape index (κ2) is 18.9. The number of hydrogen-bond donors (Lipinski definition) is 0. The summed E-state index contributed by atoms with van der Waals surface area (Å²) in [6, 6.07) is 99.4. The summed E-state index contributed by atoms with van der Waals surface area (Å²) in [6.45, 7) is 0. The Morgan fingerprint density at radius 3 is 1.01 bits per heavy atom. The highest BCUT2D eigenvalue weighted by atomic mass is 15.0. The van der Waals surface area contributed by atoms with Gasteiger partial charge in [-0.3, -0.25) is 0 Å². The lowest BCUT2D eigenvalue weighted by molar-refractivity contribution is 1.07. The Kier molecular flexibility index (Phi) is 11.2. The van der Waals surface area contributed by atoms with E-state index < -0.39 is 0 Å². The lowest BCUT2D eigenvalue weighted by Gasteiger charge is -2.15. The third-order valence-corrected chi connectivity index (χ3v) is 13.8. The number of nitrogens with zero attached hydrogens (tertiary/aromatic N) is 4. The molecule has 0 saturated heterocycles. The first kappa shape index (κ1) is 43.3. The summed E-state index contributed by atoms with van der Waals surface area (Å²) in [5.41, 5.74) is 19.9. The van der Waals surface area contributed by atoms with Gasteiger partial charge >= 0.3 is 0 Å². The Hall–Kier alpha value is -9.77. The van der Waals surface area contributed by atoms with E-state index in [0.717, 1.165) is 66.8 Å². The van der Waals surface area contributed by atoms with Crippen LogP contribution in [0, 0.1) is 0 Å². The van der Waals surface area contributed by atoms with Gasteiger partial charge in [0.1, 0.15) is 0 Å². The molecule has 342 valence electrons. The Morgan fingerprint density at radius 2 is 0.548 bits per heavy atom. The van der Waals surface area contributed by atoms with E-state index in [1.165, 1.54) is 44.2 Å². The van der Waals surface area contributed by atoms with E-state index in [1.54, 1.807) is 0 Å². The van der Waals surface area contributed by atoms with Crippen LogP contribution in [-0.4, -0.2) is 19.5 Å². The first-order valence-electron chi connectivity index (χ1n) is 24.7. The van der Waals surface area contributed by atoms with Crippen molar-refractivity contribution < 1.29 is 0 Å². The molecule has 0 amide bonds. The summed E-state index contributed by atoms with van der Waals surface area (Å²) < 4.78 is 2.48. The molecule has 2 aromatic heterocycles. The van der Waals surface area contributed by atoms with Crippen LogP contribution in [0.4, 0.5) is 0 Å². The molecule has 11 aromatic carbocycles. The van der Waals surface area contributed by atoms with Crippen LogP contribution in [0.2, 0.25) is 0 Å². The zero-order valence-corrected chi connectivity index (χ0v) is 39.8. The Bertz CT molecular complexity index is 4000. The lowest BCUT2D eigenvalue weighted by atomic mass is 9.93. The van der Waals surface area contributed by atoms with E-state index >= 15 is 0 Å². The van der Waals surface area contributed by atoms with Crippen LogP contribution in [-0.2, 0) is 0 Å². The fraction of sp³-hybridized carbons (Fsp3) is 0. The fourth-order valence-corrected chi connectivity index (χ4v) is 10.2. The van der Waals surface area contributed by atoms with Crippen LogP contribution in [0.25, 0.3) is 128 Å². The zero-order chi connectivity index (χ0) is 48.5. The van der Waals surface area contributed by atoms with Crippen molar-refractivity contribution in [2.24, 2.45) is 0 Å². The lowest BCUT2D eigenvalue weighted by Crippen LogP contribution is -2.00. The molecule has 0 spiro atoms. The largest absolute Gasteiger partial charge is 0.309 e. The van der Waals surface area contributed by atoms with Crippen LogP contribution >= 0.6 is 0 Å². The smallest absolute Gasteiger partial charge is 0.164 e. The summed E-state index contributed by atoms with van der Waals surface area (Å²) in [5, 5.41) is 2.40. The van der Waals surface area contributed by atoms with Crippen LogP contribution in [0.1, 0.15) is 0 Å². The van der Waals surface area contributed by atoms with Crippen molar-refractivity contribution in [2.45, 2.75) is 0 Å². The third kappa shape index (κ3) is 8.47. The quantitative estimate of drug-likeness (QED) is 0.137. The second-order valence-corrected chi connectivity index (χ2v) is 18.4. The number of hydrogen-bond acceptors (Lipinski definition) is 3. The number of aromatic nitrogens is 4. The van der Waals surface area contributed by atoms with Crippen molar-refractivity contribution in [2.75, 3.05) is 0 Å². The first-order chi connectivity index (χ1) is 36.2. The molecule has 13 aromatic rings. The molecule has 4 heteroatoms. The molecule has 0 unspecified atom stereocenters. The molecule has 13 rings (SSSR count). The Balaban J connectivity index is 0.998. The van der Waals surface area contributed by atoms with Gasteiger partial charge < -0.3 is 4.57 Å². The van der Waals surface area contributed by atoms with E-state index in [1.807, 2.05) is 36.4 Å². The van der Waals surface area contributed by atoms with Gasteiger partial charge in [0.05, 0.1) is 11.0 Å². The van der Waals surface area contributed by atoms with Gasteiger partial charge in [-0.2, -0.15) is 0 Å². The molecule has 0 atom stereocenters. The maximum atomic E-state index is 5.13. The maximum Gasteiger partial charge on any atom is 0.164 e. The van der Waals surface area contributed by atoms with Crippen molar-refractivity contribution >= 4 is 21.8 Å². The molecule has 4 nitrogen and oxygen atoms in total. The van der Waals surface area contributed by atoms with E-state index in [-0.39, 0.29) is 0 Å².